The Hall–Kier alpha value is -0.480. The molecule has 0 aromatic heterocycles. The van der Waals surface area contributed by atoms with Crippen LogP contribution < -0.4 is 0 Å². The highest BCUT2D eigenvalue weighted by molar-refractivity contribution is 4.71. The molecule has 0 aliphatic carbocycles. The third-order valence-electron chi connectivity index (χ3n) is 2.01. The van der Waals surface area contributed by atoms with Crippen molar-refractivity contribution in [2.75, 3.05) is 19.8 Å². The van der Waals surface area contributed by atoms with E-state index in [1.807, 2.05) is 6.92 Å². The van der Waals surface area contributed by atoms with Crippen molar-refractivity contribution in [2.45, 2.75) is 32.0 Å². The SMILES string of the molecule is CCOC1CCC(CN=O)OC1. The van der Waals surface area contributed by atoms with Gasteiger partial charge in [0.15, 0.2) is 0 Å². The van der Waals surface area contributed by atoms with E-state index in [0.717, 1.165) is 19.4 Å². The Kier molecular flexibility index (Phi) is 4.18. The smallest absolute Gasteiger partial charge is 0.107 e. The van der Waals surface area contributed by atoms with Gasteiger partial charge >= 0.3 is 0 Å². The van der Waals surface area contributed by atoms with E-state index in [9.17, 15) is 4.91 Å². The summed E-state index contributed by atoms with van der Waals surface area (Å²) in [4.78, 5) is 9.92. The third kappa shape index (κ3) is 2.87. The standard InChI is InChI=1S/C8H15NO3/c1-2-11-8-4-3-7(5-9-10)12-6-8/h7-8H,2-6H2,1H3. The molecule has 1 saturated heterocycles. The van der Waals surface area contributed by atoms with Gasteiger partial charge in [0.2, 0.25) is 0 Å². The number of hydrogen-bond acceptors (Lipinski definition) is 4. The van der Waals surface area contributed by atoms with E-state index in [0.29, 0.717) is 6.61 Å². The molecule has 0 amide bonds. The molecule has 0 bridgehead atoms. The van der Waals surface area contributed by atoms with Crippen molar-refractivity contribution >= 4 is 0 Å². The lowest BCUT2D eigenvalue weighted by Crippen LogP contribution is -2.32. The van der Waals surface area contributed by atoms with E-state index in [4.69, 9.17) is 9.47 Å². The van der Waals surface area contributed by atoms with Crippen molar-refractivity contribution in [3.05, 3.63) is 4.91 Å². The lowest BCUT2D eigenvalue weighted by molar-refractivity contribution is -0.0790. The largest absolute Gasteiger partial charge is 0.376 e. The predicted molar refractivity (Wildman–Crippen MR) is 45.1 cm³/mol. The van der Waals surface area contributed by atoms with Crippen LogP contribution in [0.3, 0.4) is 0 Å². The van der Waals surface area contributed by atoms with Gasteiger partial charge in [-0.25, -0.2) is 0 Å². The van der Waals surface area contributed by atoms with Gasteiger partial charge in [-0.1, -0.05) is 5.18 Å². The molecule has 12 heavy (non-hydrogen) atoms. The van der Waals surface area contributed by atoms with Crippen LogP contribution >= 0.6 is 0 Å². The van der Waals surface area contributed by atoms with Crippen molar-refractivity contribution in [2.24, 2.45) is 5.18 Å². The summed E-state index contributed by atoms with van der Waals surface area (Å²) in [5.41, 5.74) is 0. The molecule has 1 fully saturated rings. The van der Waals surface area contributed by atoms with E-state index < -0.39 is 0 Å². The fourth-order valence-electron chi connectivity index (χ4n) is 1.38. The van der Waals surface area contributed by atoms with Crippen LogP contribution in [0, 0.1) is 4.91 Å². The van der Waals surface area contributed by atoms with Gasteiger partial charge < -0.3 is 9.47 Å². The normalized spacial score (nSPS) is 30.1. The molecule has 4 nitrogen and oxygen atoms in total. The summed E-state index contributed by atoms with van der Waals surface area (Å²) in [7, 11) is 0. The van der Waals surface area contributed by atoms with Crippen LogP contribution in [0.5, 0.6) is 0 Å². The van der Waals surface area contributed by atoms with Crippen molar-refractivity contribution in [1.29, 1.82) is 0 Å². The number of nitroso groups, excluding NO2 is 1. The Labute approximate surface area is 72.2 Å². The predicted octanol–water partition coefficient (Wildman–Crippen LogP) is 1.34. The molecule has 0 aromatic rings. The molecular weight excluding hydrogens is 158 g/mol. The summed E-state index contributed by atoms with van der Waals surface area (Å²) in [6.45, 7) is 3.58. The van der Waals surface area contributed by atoms with Crippen LogP contribution in [0.15, 0.2) is 5.18 Å². The lowest BCUT2D eigenvalue weighted by Gasteiger charge is -2.27. The number of hydrogen-bond donors (Lipinski definition) is 0. The highest BCUT2D eigenvalue weighted by Crippen LogP contribution is 2.16. The van der Waals surface area contributed by atoms with Crippen LogP contribution in [0.25, 0.3) is 0 Å². The van der Waals surface area contributed by atoms with Crippen molar-refractivity contribution < 1.29 is 9.47 Å². The summed E-state index contributed by atoms with van der Waals surface area (Å²) in [6, 6.07) is 0. The molecule has 0 radical (unpaired) electrons. The van der Waals surface area contributed by atoms with Crippen LogP contribution in [-0.2, 0) is 9.47 Å². The molecule has 4 heteroatoms. The Morgan fingerprint density at radius 1 is 1.58 bits per heavy atom. The average molecular weight is 173 g/mol. The molecule has 2 unspecified atom stereocenters. The molecule has 0 N–H and O–H groups in total. The summed E-state index contributed by atoms with van der Waals surface area (Å²) in [6.07, 6.45) is 2.11. The Balaban J connectivity index is 2.15. The van der Waals surface area contributed by atoms with E-state index in [2.05, 4.69) is 5.18 Å². The van der Waals surface area contributed by atoms with Crippen LogP contribution in [0.4, 0.5) is 0 Å². The first-order valence-electron chi connectivity index (χ1n) is 4.39. The van der Waals surface area contributed by atoms with Gasteiger partial charge in [0.05, 0.1) is 18.8 Å². The minimum absolute atomic E-state index is 0.0270. The van der Waals surface area contributed by atoms with E-state index in [1.165, 1.54) is 0 Å². The van der Waals surface area contributed by atoms with Gasteiger partial charge in [-0.3, -0.25) is 0 Å². The maximum Gasteiger partial charge on any atom is 0.107 e. The topological polar surface area (TPSA) is 47.9 Å². The minimum Gasteiger partial charge on any atom is -0.376 e. The third-order valence-corrected chi connectivity index (χ3v) is 2.01. The van der Waals surface area contributed by atoms with Gasteiger partial charge in [0.25, 0.3) is 0 Å². The Morgan fingerprint density at radius 3 is 2.92 bits per heavy atom. The molecule has 1 rings (SSSR count). The van der Waals surface area contributed by atoms with Crippen LogP contribution in [0.1, 0.15) is 19.8 Å². The molecule has 0 aromatic carbocycles. The number of ether oxygens (including phenoxy) is 2. The van der Waals surface area contributed by atoms with Gasteiger partial charge in [-0.05, 0) is 19.8 Å². The Bertz CT molecular complexity index is 132. The molecule has 2 atom stereocenters. The number of rotatable bonds is 4. The second-order valence-corrected chi connectivity index (χ2v) is 2.92. The monoisotopic (exact) mass is 173 g/mol. The molecule has 0 saturated carbocycles. The van der Waals surface area contributed by atoms with E-state index in [-0.39, 0.29) is 18.8 Å². The summed E-state index contributed by atoms with van der Waals surface area (Å²) >= 11 is 0. The number of nitrogens with zero attached hydrogens (tertiary/aromatic N) is 1. The Morgan fingerprint density at radius 2 is 2.42 bits per heavy atom. The zero-order chi connectivity index (χ0) is 8.81. The van der Waals surface area contributed by atoms with Crippen LogP contribution in [-0.4, -0.2) is 32.0 Å². The average Bonchev–Trinajstić information content (AvgIpc) is 2.09. The minimum atomic E-state index is 0.0270. The fraction of sp³-hybridized carbons (Fsp3) is 1.00. The second kappa shape index (κ2) is 5.22. The zero-order valence-electron chi connectivity index (χ0n) is 7.36. The van der Waals surface area contributed by atoms with Crippen molar-refractivity contribution in [1.82, 2.24) is 0 Å². The summed E-state index contributed by atoms with van der Waals surface area (Å²) < 4.78 is 10.7. The molecular formula is C8H15NO3. The van der Waals surface area contributed by atoms with Crippen molar-refractivity contribution in [3.8, 4) is 0 Å². The fourth-order valence-corrected chi connectivity index (χ4v) is 1.38. The summed E-state index contributed by atoms with van der Waals surface area (Å²) in [5.74, 6) is 0. The van der Waals surface area contributed by atoms with Gasteiger partial charge in [-0.15, -0.1) is 0 Å². The summed E-state index contributed by atoms with van der Waals surface area (Å²) in [5, 5.41) is 2.81. The maximum absolute atomic E-state index is 9.92. The van der Waals surface area contributed by atoms with Crippen LogP contribution in [0.2, 0.25) is 0 Å². The molecule has 1 aliphatic rings. The first-order chi connectivity index (χ1) is 5.86. The van der Waals surface area contributed by atoms with E-state index >= 15 is 0 Å². The van der Waals surface area contributed by atoms with E-state index in [1.54, 1.807) is 0 Å². The van der Waals surface area contributed by atoms with Gasteiger partial charge in [-0.2, -0.15) is 4.91 Å². The highest BCUT2D eigenvalue weighted by Gasteiger charge is 2.21. The van der Waals surface area contributed by atoms with Gasteiger partial charge in [0.1, 0.15) is 6.54 Å². The second-order valence-electron chi connectivity index (χ2n) is 2.92. The molecule has 1 heterocycles. The maximum atomic E-state index is 9.92. The quantitative estimate of drug-likeness (QED) is 0.603. The first-order valence-corrected chi connectivity index (χ1v) is 4.39. The molecule has 0 spiro atoms. The highest BCUT2D eigenvalue weighted by atomic mass is 16.5. The zero-order valence-corrected chi connectivity index (χ0v) is 7.36. The van der Waals surface area contributed by atoms with Crippen molar-refractivity contribution in [3.63, 3.8) is 0 Å². The molecule has 70 valence electrons. The van der Waals surface area contributed by atoms with Gasteiger partial charge in [0, 0.05) is 6.61 Å². The lowest BCUT2D eigenvalue weighted by atomic mass is 10.1. The molecule has 1 aliphatic heterocycles. The first kappa shape index (κ1) is 9.61.